The molecule has 70 heavy (non-hydrogen) atoms. The van der Waals surface area contributed by atoms with E-state index in [0.717, 1.165) is 11.3 Å². The van der Waals surface area contributed by atoms with Gasteiger partial charge in [0.1, 0.15) is 24.1 Å². The summed E-state index contributed by atoms with van der Waals surface area (Å²) in [6.07, 6.45) is 5.35. The summed E-state index contributed by atoms with van der Waals surface area (Å²) < 4.78 is 41.3. The minimum atomic E-state index is -1.64. The van der Waals surface area contributed by atoms with Crippen LogP contribution in [0.25, 0.3) is 11.3 Å². The quantitative estimate of drug-likeness (QED) is 0.0647. The molecule has 3 aliphatic rings. The number of carbonyl (C=O) groups excluding carboxylic acids is 4. The topological polar surface area (TPSA) is 181 Å². The van der Waals surface area contributed by atoms with Crippen molar-refractivity contribution in [3.05, 3.63) is 85.6 Å². The van der Waals surface area contributed by atoms with Gasteiger partial charge in [0.15, 0.2) is 11.4 Å². The van der Waals surface area contributed by atoms with Crippen molar-refractivity contribution < 1.29 is 52.7 Å². The molecule has 5 heterocycles. The summed E-state index contributed by atoms with van der Waals surface area (Å²) in [5.41, 5.74) is -0.288. The number of amides is 1. The maximum absolute atomic E-state index is 15.1. The number of esters is 2. The number of unbranched alkanes of at least 4 members (excludes halogenated alkanes) is 1. The Morgan fingerprint density at radius 3 is 2.39 bits per heavy atom. The second kappa shape index (κ2) is 23.0. The molecule has 6 rings (SSSR count). The van der Waals surface area contributed by atoms with Gasteiger partial charge in [-0.05, 0) is 85.4 Å². The predicted octanol–water partition coefficient (Wildman–Crippen LogP) is 7.46. The van der Waals surface area contributed by atoms with E-state index in [0.29, 0.717) is 37.9 Å². The number of carbonyl (C=O) groups is 4. The van der Waals surface area contributed by atoms with E-state index in [1.165, 1.54) is 7.11 Å². The number of hydrogen-bond acceptors (Lipinski definition) is 14. The van der Waals surface area contributed by atoms with Crippen molar-refractivity contribution in [2.75, 3.05) is 27.2 Å². The number of ether oxygens (including phenoxy) is 6. The molecule has 2 aromatic heterocycles. The van der Waals surface area contributed by atoms with Gasteiger partial charge in [-0.3, -0.25) is 24.3 Å². The van der Waals surface area contributed by atoms with E-state index in [4.69, 9.17) is 28.4 Å². The zero-order chi connectivity index (χ0) is 51.1. The van der Waals surface area contributed by atoms with Crippen LogP contribution in [-0.4, -0.2) is 140 Å². The van der Waals surface area contributed by atoms with E-state index in [-0.39, 0.29) is 37.7 Å². The molecule has 16 heteroatoms. The zero-order valence-electron chi connectivity index (χ0n) is 43.1. The van der Waals surface area contributed by atoms with Crippen LogP contribution in [-0.2, 0) is 55.8 Å². The molecule has 0 aliphatic carbocycles. The lowest BCUT2D eigenvalue weighted by Gasteiger charge is -2.52. The molecule has 384 valence electrons. The standard InChI is InChI=1S/C54H77N5O11/c1-13-25-57(11)42-28-35(4)68-54(10,48(42)62)69-49-37(6)46(67-44(60)29-39-21-20-24-55-31-39)38(7)50(63)66-43(14-2)53(9)47(36(5)45(61)34(3)30-52(49,8)65-12)59(51(64)70-53)27-19-18-26-58-32-41(56-33-58)40-22-16-15-17-23-40/h13,15-17,20-24,31-38,42-43,46-49,62H,1,14,18-19,25-30H2,2-12H3/t34-,35-,36+,37+,38-,42+,43-,46?,47-,48-,49-,52-,53-,54+/m1/s1. The average molecular weight is 972 g/mol. The van der Waals surface area contributed by atoms with E-state index in [1.807, 2.05) is 87.7 Å². The number of pyridine rings is 1. The van der Waals surface area contributed by atoms with Crippen molar-refractivity contribution in [3.8, 4) is 11.3 Å². The van der Waals surface area contributed by atoms with Crippen LogP contribution in [0.15, 0.2) is 80.0 Å². The van der Waals surface area contributed by atoms with Crippen LogP contribution in [0.4, 0.5) is 4.79 Å². The van der Waals surface area contributed by atoms with E-state index in [9.17, 15) is 19.5 Å². The molecule has 0 bridgehead atoms. The fraction of sp³-hybridized carbons (Fsp3) is 0.630. The van der Waals surface area contributed by atoms with Gasteiger partial charge >= 0.3 is 18.0 Å². The maximum Gasteiger partial charge on any atom is 0.410 e. The molecule has 14 atom stereocenters. The van der Waals surface area contributed by atoms with Gasteiger partial charge < -0.3 is 43.0 Å². The van der Waals surface area contributed by atoms with Crippen LogP contribution in [0.3, 0.4) is 0 Å². The van der Waals surface area contributed by atoms with Crippen molar-refractivity contribution in [2.24, 2.45) is 23.7 Å². The third kappa shape index (κ3) is 11.8. The van der Waals surface area contributed by atoms with Crippen LogP contribution in [0.5, 0.6) is 0 Å². The van der Waals surface area contributed by atoms with Gasteiger partial charge in [-0.25, -0.2) is 9.78 Å². The van der Waals surface area contributed by atoms with Crippen molar-refractivity contribution in [1.29, 1.82) is 0 Å². The monoisotopic (exact) mass is 972 g/mol. The second-order valence-electron chi connectivity index (χ2n) is 20.5. The molecular weight excluding hydrogens is 895 g/mol. The van der Waals surface area contributed by atoms with Crippen molar-refractivity contribution in [3.63, 3.8) is 0 Å². The molecule has 3 aromatic rings. The van der Waals surface area contributed by atoms with Crippen LogP contribution < -0.4 is 0 Å². The third-order valence-corrected chi connectivity index (χ3v) is 15.1. The number of aromatic nitrogens is 3. The number of methoxy groups -OCH3 is 1. The summed E-state index contributed by atoms with van der Waals surface area (Å²) in [6.45, 7) is 21.4. The highest BCUT2D eigenvalue weighted by Crippen LogP contribution is 2.45. The minimum absolute atomic E-state index is 0.101. The highest BCUT2D eigenvalue weighted by molar-refractivity contribution is 5.85. The van der Waals surface area contributed by atoms with Gasteiger partial charge in [0.2, 0.25) is 0 Å². The van der Waals surface area contributed by atoms with Gasteiger partial charge in [-0.15, -0.1) is 6.58 Å². The normalized spacial score (nSPS) is 34.3. The lowest BCUT2D eigenvalue weighted by Crippen LogP contribution is -2.65. The summed E-state index contributed by atoms with van der Waals surface area (Å²) in [5, 5.41) is 12.2. The molecule has 0 radical (unpaired) electrons. The Morgan fingerprint density at radius 1 is 1.01 bits per heavy atom. The van der Waals surface area contributed by atoms with Crippen LogP contribution in [0.1, 0.15) is 100.0 Å². The number of nitrogens with zero attached hydrogens (tertiary/aromatic N) is 5. The van der Waals surface area contributed by atoms with Gasteiger partial charge in [-0.1, -0.05) is 70.2 Å². The van der Waals surface area contributed by atoms with Gasteiger partial charge in [0, 0.05) is 74.7 Å². The number of aliphatic hydroxyl groups excluding tert-OH is 1. The molecule has 3 fully saturated rings. The fourth-order valence-corrected chi connectivity index (χ4v) is 11.3. The number of aryl methyl sites for hydroxylation is 1. The first-order valence-corrected chi connectivity index (χ1v) is 25.0. The molecule has 0 saturated carbocycles. The predicted molar refractivity (Wildman–Crippen MR) is 263 cm³/mol. The Labute approximate surface area is 414 Å². The van der Waals surface area contributed by atoms with Gasteiger partial charge in [0.05, 0.1) is 48.2 Å². The van der Waals surface area contributed by atoms with E-state index >= 15 is 4.79 Å². The number of rotatable bonds is 16. The van der Waals surface area contributed by atoms with Crippen molar-refractivity contribution >= 4 is 23.8 Å². The fourth-order valence-electron chi connectivity index (χ4n) is 11.3. The Balaban J connectivity index is 1.37. The van der Waals surface area contributed by atoms with E-state index in [1.54, 1.807) is 69.5 Å². The molecule has 1 aromatic carbocycles. The number of fused-ring (bicyclic) bond motifs is 1. The Kier molecular flexibility index (Phi) is 17.9. The number of ketones is 1. The van der Waals surface area contributed by atoms with E-state index in [2.05, 4.69) is 16.5 Å². The average Bonchev–Trinajstić information content (AvgIpc) is 3.92. The summed E-state index contributed by atoms with van der Waals surface area (Å²) in [6, 6.07) is 12.2. The SMILES string of the molecule is C=CCN(C)[C@H]1C[C@@H](C)O[C@@](C)(O[C@@H]2[C@@H](C)C(OC(=O)Cc3cccnc3)[C@@H](C)C(=O)O[C@H](CC)[C@@]3(C)OC(=O)N(CCCCn4cnc(-c5ccccc5)c4)[C@@H]3[C@@H](C)C(=O)[C@H](C)C[C@@]2(C)OC)[C@@H]1O. The summed E-state index contributed by atoms with van der Waals surface area (Å²) >= 11 is 0. The first-order valence-electron chi connectivity index (χ1n) is 25.0. The largest absolute Gasteiger partial charge is 0.461 e. The number of aliphatic hydroxyl groups is 1. The summed E-state index contributed by atoms with van der Waals surface area (Å²) in [5.74, 6) is -6.56. The Hall–Kier alpha value is -5.00. The molecular formula is C54H77N5O11. The molecule has 0 spiro atoms. The second-order valence-corrected chi connectivity index (χ2v) is 20.5. The minimum Gasteiger partial charge on any atom is -0.461 e. The lowest BCUT2D eigenvalue weighted by atomic mass is 9.73. The van der Waals surface area contributed by atoms with Crippen molar-refractivity contribution in [2.45, 2.75) is 167 Å². The van der Waals surface area contributed by atoms with Crippen LogP contribution >= 0.6 is 0 Å². The van der Waals surface area contributed by atoms with Crippen molar-refractivity contribution in [1.82, 2.24) is 24.3 Å². The number of imidazole rings is 1. The van der Waals surface area contributed by atoms with Gasteiger partial charge in [0.25, 0.3) is 0 Å². The number of Topliss-reactive ketones (excluding diaryl/α,β-unsaturated/α-hetero) is 1. The number of benzene rings is 1. The number of likely N-dealkylation sites (N-methyl/N-ethyl adjacent to an activating group) is 1. The molecule has 3 saturated heterocycles. The summed E-state index contributed by atoms with van der Waals surface area (Å²) in [7, 11) is 3.43. The first kappa shape index (κ1) is 54.3. The lowest BCUT2D eigenvalue weighted by molar-refractivity contribution is -0.358. The molecule has 1 amide bonds. The molecule has 3 aliphatic heterocycles. The van der Waals surface area contributed by atoms with Crippen LogP contribution in [0.2, 0.25) is 0 Å². The molecule has 1 unspecified atom stereocenters. The zero-order valence-corrected chi connectivity index (χ0v) is 43.1. The smallest absolute Gasteiger partial charge is 0.410 e. The highest BCUT2D eigenvalue weighted by atomic mass is 16.7. The number of cyclic esters (lactones) is 1. The first-order chi connectivity index (χ1) is 33.2. The summed E-state index contributed by atoms with van der Waals surface area (Å²) in [4.78, 5) is 70.6. The molecule has 16 nitrogen and oxygen atoms in total. The molecule has 1 N–H and O–H groups in total. The third-order valence-electron chi connectivity index (χ3n) is 15.1. The van der Waals surface area contributed by atoms with Crippen LogP contribution in [0, 0.1) is 23.7 Å². The van der Waals surface area contributed by atoms with E-state index < -0.39 is 95.2 Å². The number of hydrogen-bond donors (Lipinski definition) is 1. The Bertz CT molecular complexity index is 2250. The van der Waals surface area contributed by atoms with Gasteiger partial charge in [-0.2, -0.15) is 0 Å². The highest BCUT2D eigenvalue weighted by Gasteiger charge is 2.61. The Morgan fingerprint density at radius 2 is 1.73 bits per heavy atom. The maximum atomic E-state index is 15.1.